The van der Waals surface area contributed by atoms with Gasteiger partial charge in [0.15, 0.2) is 0 Å². The van der Waals surface area contributed by atoms with E-state index in [0.29, 0.717) is 5.56 Å². The summed E-state index contributed by atoms with van der Waals surface area (Å²) in [5, 5.41) is 7.05. The zero-order valence-electron chi connectivity index (χ0n) is 13.4. The Morgan fingerprint density at radius 1 is 1.21 bits per heavy atom. The van der Waals surface area contributed by atoms with Crippen LogP contribution < -0.4 is 10.9 Å². The first-order chi connectivity index (χ1) is 11.6. The number of nitrogens with one attached hydrogen (secondary N) is 1. The Morgan fingerprint density at radius 3 is 2.88 bits per heavy atom. The average Bonchev–Trinajstić information content (AvgIpc) is 2.78. The minimum absolute atomic E-state index is 0.124. The van der Waals surface area contributed by atoms with E-state index >= 15 is 0 Å². The number of rotatable bonds is 4. The first-order valence-corrected chi connectivity index (χ1v) is 8.23. The molecule has 0 unspecified atom stereocenters. The number of benzene rings is 1. The quantitative estimate of drug-likeness (QED) is 0.872. The maximum absolute atomic E-state index is 13.1. The molecule has 1 heterocycles. The molecule has 1 aliphatic carbocycles. The predicted octanol–water partition coefficient (Wildman–Crippen LogP) is 1.97. The van der Waals surface area contributed by atoms with Gasteiger partial charge < -0.3 is 5.32 Å². The van der Waals surface area contributed by atoms with Gasteiger partial charge in [-0.05, 0) is 48.9 Å². The summed E-state index contributed by atoms with van der Waals surface area (Å²) >= 11 is 0. The van der Waals surface area contributed by atoms with Gasteiger partial charge in [0, 0.05) is 12.6 Å². The molecule has 1 N–H and O–H groups in total. The van der Waals surface area contributed by atoms with Gasteiger partial charge in [0.05, 0.1) is 5.69 Å². The highest BCUT2D eigenvalue weighted by Gasteiger charge is 2.13. The van der Waals surface area contributed by atoms with E-state index in [1.807, 2.05) is 0 Å². The molecule has 1 aromatic carbocycles. The molecule has 0 spiro atoms. The third-order valence-electron chi connectivity index (χ3n) is 4.20. The fraction of sp³-hybridized carbons (Fsp3) is 0.389. The van der Waals surface area contributed by atoms with E-state index in [0.717, 1.165) is 43.4 Å². The van der Waals surface area contributed by atoms with Crippen LogP contribution in [0.3, 0.4) is 0 Å². The normalized spacial score (nSPS) is 13.9. The molecular weight excluding hydrogens is 309 g/mol. The van der Waals surface area contributed by atoms with E-state index < -0.39 is 0 Å². The van der Waals surface area contributed by atoms with E-state index in [9.17, 15) is 14.0 Å². The van der Waals surface area contributed by atoms with Crippen LogP contribution in [0, 0.1) is 5.82 Å². The van der Waals surface area contributed by atoms with Gasteiger partial charge in [-0.2, -0.15) is 5.10 Å². The van der Waals surface area contributed by atoms with Crippen molar-refractivity contribution in [2.24, 2.45) is 0 Å². The highest BCUT2D eigenvalue weighted by Crippen LogP contribution is 2.16. The van der Waals surface area contributed by atoms with Crippen molar-refractivity contribution >= 4 is 5.91 Å². The summed E-state index contributed by atoms with van der Waals surface area (Å²) in [6, 6.07) is 7.65. The van der Waals surface area contributed by atoms with E-state index in [1.54, 1.807) is 18.2 Å². The predicted molar refractivity (Wildman–Crippen MR) is 88.0 cm³/mol. The van der Waals surface area contributed by atoms with Crippen LogP contribution in [0.5, 0.6) is 0 Å². The molecule has 6 heteroatoms. The van der Waals surface area contributed by atoms with E-state index in [4.69, 9.17) is 0 Å². The molecule has 24 heavy (non-hydrogen) atoms. The SMILES string of the molecule is O=C(Cn1nc2c(cc1=O)CCCCC2)NCc1cccc(F)c1. The smallest absolute Gasteiger partial charge is 0.267 e. The lowest BCUT2D eigenvalue weighted by Gasteiger charge is -2.10. The lowest BCUT2D eigenvalue weighted by atomic mass is 10.1. The van der Waals surface area contributed by atoms with Crippen LogP contribution in [0.15, 0.2) is 35.1 Å². The summed E-state index contributed by atoms with van der Waals surface area (Å²) in [6.45, 7) is 0.0950. The standard InChI is InChI=1S/C18H20FN3O2/c19-15-7-4-5-13(9-15)11-20-17(23)12-22-18(24)10-14-6-2-1-3-8-16(14)21-22/h4-5,7,9-10H,1-3,6,8,11-12H2,(H,20,23). The van der Waals surface area contributed by atoms with Crippen molar-refractivity contribution in [2.45, 2.75) is 45.2 Å². The van der Waals surface area contributed by atoms with Gasteiger partial charge in [-0.1, -0.05) is 18.6 Å². The summed E-state index contributed by atoms with van der Waals surface area (Å²) < 4.78 is 14.3. The molecule has 1 amide bonds. The van der Waals surface area contributed by atoms with Crippen LogP contribution in [-0.2, 0) is 30.7 Å². The van der Waals surface area contributed by atoms with E-state index in [2.05, 4.69) is 10.4 Å². The van der Waals surface area contributed by atoms with Crippen molar-refractivity contribution in [1.29, 1.82) is 0 Å². The Kier molecular flexibility index (Phi) is 5.03. The minimum atomic E-state index is -0.342. The summed E-state index contributed by atoms with van der Waals surface area (Å²) in [4.78, 5) is 24.2. The second kappa shape index (κ2) is 7.38. The van der Waals surface area contributed by atoms with Gasteiger partial charge in [-0.25, -0.2) is 9.07 Å². The number of carbonyl (C=O) groups excluding carboxylic acids is 1. The number of halogens is 1. The van der Waals surface area contributed by atoms with Crippen LogP contribution >= 0.6 is 0 Å². The van der Waals surface area contributed by atoms with E-state index in [-0.39, 0.29) is 30.4 Å². The first kappa shape index (κ1) is 16.4. The summed E-state index contributed by atoms with van der Waals surface area (Å²) in [6.07, 6.45) is 5.00. The zero-order valence-corrected chi connectivity index (χ0v) is 13.4. The molecule has 2 aromatic rings. The zero-order chi connectivity index (χ0) is 16.9. The second-order valence-corrected chi connectivity index (χ2v) is 6.08. The molecule has 0 saturated carbocycles. The molecule has 0 radical (unpaired) electrons. The first-order valence-electron chi connectivity index (χ1n) is 8.23. The molecule has 126 valence electrons. The Morgan fingerprint density at radius 2 is 2.04 bits per heavy atom. The number of carbonyl (C=O) groups is 1. The molecule has 3 rings (SSSR count). The number of aromatic nitrogens is 2. The maximum Gasteiger partial charge on any atom is 0.267 e. The topological polar surface area (TPSA) is 64.0 Å². The van der Waals surface area contributed by atoms with Gasteiger partial charge in [-0.3, -0.25) is 9.59 Å². The van der Waals surface area contributed by atoms with Crippen LogP contribution in [0.25, 0.3) is 0 Å². The lowest BCUT2D eigenvalue weighted by Crippen LogP contribution is -2.34. The van der Waals surface area contributed by atoms with E-state index in [1.165, 1.54) is 16.8 Å². The number of fused-ring (bicyclic) bond motifs is 1. The molecule has 0 aliphatic heterocycles. The van der Waals surface area contributed by atoms with Crippen molar-refractivity contribution in [3.63, 3.8) is 0 Å². The van der Waals surface area contributed by atoms with Crippen LogP contribution in [0.1, 0.15) is 36.1 Å². The van der Waals surface area contributed by atoms with Gasteiger partial charge in [0.2, 0.25) is 5.91 Å². The third kappa shape index (κ3) is 4.07. The third-order valence-corrected chi connectivity index (χ3v) is 4.20. The van der Waals surface area contributed by atoms with Gasteiger partial charge in [-0.15, -0.1) is 0 Å². The van der Waals surface area contributed by atoms with Gasteiger partial charge in [0.1, 0.15) is 12.4 Å². The van der Waals surface area contributed by atoms with Crippen molar-refractivity contribution in [2.75, 3.05) is 0 Å². The van der Waals surface area contributed by atoms with Gasteiger partial charge in [0.25, 0.3) is 5.56 Å². The Hall–Kier alpha value is -2.50. The van der Waals surface area contributed by atoms with Crippen LogP contribution in [0.4, 0.5) is 4.39 Å². The highest BCUT2D eigenvalue weighted by atomic mass is 19.1. The van der Waals surface area contributed by atoms with Crippen molar-refractivity contribution in [1.82, 2.24) is 15.1 Å². The summed E-state index contributed by atoms with van der Waals surface area (Å²) in [5.74, 6) is -0.659. The number of amides is 1. The number of aryl methyl sites for hydroxylation is 2. The monoisotopic (exact) mass is 329 g/mol. The molecule has 1 aromatic heterocycles. The van der Waals surface area contributed by atoms with Gasteiger partial charge >= 0.3 is 0 Å². The molecule has 5 nitrogen and oxygen atoms in total. The Labute approximate surface area is 139 Å². The summed E-state index contributed by atoms with van der Waals surface area (Å²) in [7, 11) is 0. The fourth-order valence-corrected chi connectivity index (χ4v) is 2.93. The summed E-state index contributed by atoms with van der Waals surface area (Å²) in [5.41, 5.74) is 2.35. The minimum Gasteiger partial charge on any atom is -0.350 e. The number of hydrogen-bond acceptors (Lipinski definition) is 3. The maximum atomic E-state index is 13.1. The molecule has 0 atom stereocenters. The highest BCUT2D eigenvalue weighted by molar-refractivity contribution is 5.75. The second-order valence-electron chi connectivity index (χ2n) is 6.08. The molecule has 1 aliphatic rings. The van der Waals surface area contributed by atoms with Crippen molar-refractivity contribution in [3.8, 4) is 0 Å². The number of nitrogens with zero attached hydrogens (tertiary/aromatic N) is 2. The van der Waals surface area contributed by atoms with Crippen LogP contribution in [-0.4, -0.2) is 15.7 Å². The lowest BCUT2D eigenvalue weighted by molar-refractivity contribution is -0.122. The fourth-order valence-electron chi connectivity index (χ4n) is 2.93. The van der Waals surface area contributed by atoms with Crippen LogP contribution in [0.2, 0.25) is 0 Å². The van der Waals surface area contributed by atoms with Crippen molar-refractivity contribution in [3.05, 3.63) is 63.3 Å². The largest absolute Gasteiger partial charge is 0.350 e. The molecule has 0 saturated heterocycles. The van der Waals surface area contributed by atoms with Crippen molar-refractivity contribution < 1.29 is 9.18 Å². The molecular formula is C18H20FN3O2. The number of hydrogen-bond donors (Lipinski definition) is 1. The molecule has 0 fully saturated rings. The average molecular weight is 329 g/mol. The Balaban J connectivity index is 1.66. The Bertz CT molecular complexity index is 801. The molecule has 0 bridgehead atoms.